The van der Waals surface area contributed by atoms with Crippen molar-refractivity contribution in [3.63, 3.8) is 0 Å². The van der Waals surface area contributed by atoms with E-state index < -0.39 is 0 Å². The molecule has 0 amide bonds. The molecule has 2 aromatic rings. The van der Waals surface area contributed by atoms with Crippen LogP contribution in [-0.4, -0.2) is 19.9 Å². The number of aromatic nitrogens is 3. The molecule has 4 heteroatoms. The molecule has 0 unspecified atom stereocenters. The standard InChI is InChI=1S/C14H19N3O/c1-4-7-17-13(9-18)15-16-14(17)12-8-10(2)5-6-11(12)3/h5-6,8,18H,4,7,9H2,1-3H3. The molecule has 1 aromatic heterocycles. The van der Waals surface area contributed by atoms with Crippen LogP contribution >= 0.6 is 0 Å². The molecule has 0 aliphatic carbocycles. The van der Waals surface area contributed by atoms with Crippen molar-refractivity contribution in [2.75, 3.05) is 0 Å². The van der Waals surface area contributed by atoms with Crippen LogP contribution in [0.15, 0.2) is 18.2 Å². The Morgan fingerprint density at radius 1 is 1.22 bits per heavy atom. The van der Waals surface area contributed by atoms with Crippen LogP contribution in [0.2, 0.25) is 0 Å². The Balaban J connectivity index is 2.56. The lowest BCUT2D eigenvalue weighted by Gasteiger charge is -2.10. The van der Waals surface area contributed by atoms with Crippen LogP contribution in [0, 0.1) is 13.8 Å². The molecular weight excluding hydrogens is 226 g/mol. The first-order valence-corrected chi connectivity index (χ1v) is 6.28. The third-order valence-corrected chi connectivity index (χ3v) is 3.05. The van der Waals surface area contributed by atoms with Gasteiger partial charge in [0, 0.05) is 12.1 Å². The van der Waals surface area contributed by atoms with E-state index >= 15 is 0 Å². The van der Waals surface area contributed by atoms with Crippen molar-refractivity contribution in [1.29, 1.82) is 0 Å². The van der Waals surface area contributed by atoms with Gasteiger partial charge in [-0.3, -0.25) is 0 Å². The molecule has 0 spiro atoms. The van der Waals surface area contributed by atoms with Gasteiger partial charge in [-0.2, -0.15) is 0 Å². The van der Waals surface area contributed by atoms with Gasteiger partial charge in [-0.05, 0) is 31.9 Å². The molecule has 0 bridgehead atoms. The summed E-state index contributed by atoms with van der Waals surface area (Å²) in [6.07, 6.45) is 0.989. The third-order valence-electron chi connectivity index (χ3n) is 3.05. The molecule has 2 rings (SSSR count). The van der Waals surface area contributed by atoms with Crippen LogP contribution in [0.5, 0.6) is 0 Å². The van der Waals surface area contributed by atoms with E-state index in [1.165, 1.54) is 11.1 Å². The van der Waals surface area contributed by atoms with Crippen molar-refractivity contribution in [3.05, 3.63) is 35.2 Å². The summed E-state index contributed by atoms with van der Waals surface area (Å²) in [5.41, 5.74) is 3.47. The maximum atomic E-state index is 9.31. The highest BCUT2D eigenvalue weighted by atomic mass is 16.3. The van der Waals surface area contributed by atoms with Gasteiger partial charge in [0.2, 0.25) is 0 Å². The van der Waals surface area contributed by atoms with Crippen molar-refractivity contribution in [1.82, 2.24) is 14.8 Å². The maximum Gasteiger partial charge on any atom is 0.164 e. The van der Waals surface area contributed by atoms with Gasteiger partial charge in [-0.25, -0.2) is 0 Å². The number of benzene rings is 1. The molecule has 4 nitrogen and oxygen atoms in total. The second-order valence-electron chi connectivity index (χ2n) is 4.57. The Hall–Kier alpha value is -1.68. The number of hydrogen-bond acceptors (Lipinski definition) is 3. The number of aliphatic hydroxyl groups is 1. The minimum Gasteiger partial charge on any atom is -0.388 e. The van der Waals surface area contributed by atoms with Crippen LogP contribution in [-0.2, 0) is 13.2 Å². The summed E-state index contributed by atoms with van der Waals surface area (Å²) in [4.78, 5) is 0. The minimum atomic E-state index is -0.0716. The van der Waals surface area contributed by atoms with Crippen molar-refractivity contribution < 1.29 is 5.11 Å². The predicted octanol–water partition coefficient (Wildman–Crippen LogP) is 2.46. The molecule has 18 heavy (non-hydrogen) atoms. The average molecular weight is 245 g/mol. The zero-order valence-corrected chi connectivity index (χ0v) is 11.1. The number of rotatable bonds is 4. The Labute approximate surface area is 107 Å². The summed E-state index contributed by atoms with van der Waals surface area (Å²) in [6, 6.07) is 6.30. The minimum absolute atomic E-state index is 0.0716. The van der Waals surface area contributed by atoms with Crippen LogP contribution < -0.4 is 0 Å². The Morgan fingerprint density at radius 2 is 2.00 bits per heavy atom. The Morgan fingerprint density at radius 3 is 2.67 bits per heavy atom. The molecule has 0 saturated heterocycles. The van der Waals surface area contributed by atoms with Crippen LogP contribution in [0.3, 0.4) is 0 Å². The number of aryl methyl sites for hydroxylation is 2. The lowest BCUT2D eigenvalue weighted by Crippen LogP contribution is -2.05. The molecule has 0 saturated carbocycles. The highest BCUT2D eigenvalue weighted by Gasteiger charge is 2.14. The molecule has 1 heterocycles. The summed E-state index contributed by atoms with van der Waals surface area (Å²) < 4.78 is 2.00. The quantitative estimate of drug-likeness (QED) is 0.900. The lowest BCUT2D eigenvalue weighted by atomic mass is 10.1. The van der Waals surface area contributed by atoms with Crippen LogP contribution in [0.25, 0.3) is 11.4 Å². The number of aliphatic hydroxyl groups excluding tert-OH is 1. The summed E-state index contributed by atoms with van der Waals surface area (Å²) in [7, 11) is 0. The monoisotopic (exact) mass is 245 g/mol. The van der Waals surface area contributed by atoms with E-state index in [2.05, 4.69) is 49.2 Å². The fourth-order valence-corrected chi connectivity index (χ4v) is 2.09. The molecule has 0 radical (unpaired) electrons. The van der Waals surface area contributed by atoms with Crippen molar-refractivity contribution >= 4 is 0 Å². The highest BCUT2D eigenvalue weighted by molar-refractivity contribution is 5.61. The van der Waals surface area contributed by atoms with Gasteiger partial charge in [-0.1, -0.05) is 24.6 Å². The second-order valence-corrected chi connectivity index (χ2v) is 4.57. The van der Waals surface area contributed by atoms with Crippen LogP contribution in [0.1, 0.15) is 30.3 Å². The first-order valence-electron chi connectivity index (χ1n) is 6.28. The average Bonchev–Trinajstić information content (AvgIpc) is 2.76. The SMILES string of the molecule is CCCn1c(CO)nnc1-c1cc(C)ccc1C. The van der Waals surface area contributed by atoms with E-state index in [0.29, 0.717) is 5.82 Å². The lowest BCUT2D eigenvalue weighted by molar-refractivity contribution is 0.264. The zero-order chi connectivity index (χ0) is 13.1. The van der Waals surface area contributed by atoms with Gasteiger partial charge >= 0.3 is 0 Å². The summed E-state index contributed by atoms with van der Waals surface area (Å²) in [5.74, 6) is 1.48. The van der Waals surface area contributed by atoms with Crippen molar-refractivity contribution in [2.45, 2.75) is 40.3 Å². The van der Waals surface area contributed by atoms with E-state index in [9.17, 15) is 5.11 Å². The fraction of sp³-hybridized carbons (Fsp3) is 0.429. The third kappa shape index (κ3) is 2.29. The van der Waals surface area contributed by atoms with Gasteiger partial charge in [0.15, 0.2) is 11.6 Å². The Kier molecular flexibility index (Phi) is 3.77. The first kappa shape index (κ1) is 12.8. The van der Waals surface area contributed by atoms with E-state index in [-0.39, 0.29) is 6.61 Å². The summed E-state index contributed by atoms with van der Waals surface area (Å²) in [5, 5.41) is 17.6. The molecule has 1 N–H and O–H groups in total. The van der Waals surface area contributed by atoms with Crippen molar-refractivity contribution in [2.24, 2.45) is 0 Å². The molecule has 1 aromatic carbocycles. The predicted molar refractivity (Wildman–Crippen MR) is 71.1 cm³/mol. The Bertz CT molecular complexity index is 546. The molecule has 0 atom stereocenters. The number of nitrogens with zero attached hydrogens (tertiary/aromatic N) is 3. The smallest absolute Gasteiger partial charge is 0.164 e. The normalized spacial score (nSPS) is 10.9. The molecule has 0 aliphatic rings. The van der Waals surface area contributed by atoms with E-state index in [1.807, 2.05) is 4.57 Å². The fourth-order valence-electron chi connectivity index (χ4n) is 2.09. The molecule has 96 valence electrons. The van der Waals surface area contributed by atoms with Gasteiger partial charge in [0.1, 0.15) is 6.61 Å². The highest BCUT2D eigenvalue weighted by Crippen LogP contribution is 2.24. The second kappa shape index (κ2) is 5.31. The first-order chi connectivity index (χ1) is 8.67. The largest absolute Gasteiger partial charge is 0.388 e. The van der Waals surface area contributed by atoms with E-state index in [0.717, 1.165) is 24.4 Å². The molecule has 0 fully saturated rings. The maximum absolute atomic E-state index is 9.31. The van der Waals surface area contributed by atoms with E-state index in [4.69, 9.17) is 0 Å². The van der Waals surface area contributed by atoms with Crippen LogP contribution in [0.4, 0.5) is 0 Å². The zero-order valence-electron chi connectivity index (χ0n) is 11.1. The molecule has 0 aliphatic heterocycles. The van der Waals surface area contributed by atoms with Gasteiger partial charge in [0.25, 0.3) is 0 Å². The van der Waals surface area contributed by atoms with E-state index in [1.54, 1.807) is 0 Å². The summed E-state index contributed by atoms with van der Waals surface area (Å²) in [6.45, 7) is 6.99. The topological polar surface area (TPSA) is 50.9 Å². The molecular formula is C14H19N3O. The van der Waals surface area contributed by atoms with Gasteiger partial charge < -0.3 is 9.67 Å². The van der Waals surface area contributed by atoms with Gasteiger partial charge in [0.05, 0.1) is 0 Å². The van der Waals surface area contributed by atoms with Crippen molar-refractivity contribution in [3.8, 4) is 11.4 Å². The summed E-state index contributed by atoms with van der Waals surface area (Å²) >= 11 is 0. The van der Waals surface area contributed by atoms with Gasteiger partial charge in [-0.15, -0.1) is 10.2 Å². The number of hydrogen-bond donors (Lipinski definition) is 1.